The Bertz CT molecular complexity index is 767. The van der Waals surface area contributed by atoms with Crippen molar-refractivity contribution >= 4 is 33.6 Å². The molecule has 2 aromatic rings. The molecule has 2 aromatic carbocycles. The molecule has 0 aromatic heterocycles. The van der Waals surface area contributed by atoms with Crippen molar-refractivity contribution in [3.05, 3.63) is 63.6 Å². The molecule has 0 aliphatic heterocycles. The Kier molecular flexibility index (Phi) is 7.57. The lowest BCUT2D eigenvalue weighted by molar-refractivity contribution is 0.0688. The van der Waals surface area contributed by atoms with Gasteiger partial charge in [0.25, 0.3) is 0 Å². The molecule has 0 radical (unpaired) electrons. The van der Waals surface area contributed by atoms with Gasteiger partial charge in [0, 0.05) is 16.6 Å². The number of carbonyl (C=O) groups is 1. The van der Waals surface area contributed by atoms with Crippen LogP contribution in [0.1, 0.15) is 32.8 Å². The summed E-state index contributed by atoms with van der Waals surface area (Å²) in [6, 6.07) is 15.1. The predicted octanol–water partition coefficient (Wildman–Crippen LogP) is 6.47. The van der Waals surface area contributed by atoms with Gasteiger partial charge in [0.05, 0.1) is 11.6 Å². The lowest BCUT2D eigenvalue weighted by Crippen LogP contribution is -2.47. The second-order valence-corrected chi connectivity index (χ2v) is 8.68. The predicted molar refractivity (Wildman–Crippen MR) is 113 cm³/mol. The molecule has 0 aliphatic carbocycles. The van der Waals surface area contributed by atoms with Gasteiger partial charge in [-0.05, 0) is 49.9 Å². The Morgan fingerprint density at radius 3 is 2.52 bits per heavy atom. The first-order valence-corrected chi connectivity index (χ1v) is 9.98. The van der Waals surface area contributed by atoms with Gasteiger partial charge in [0.2, 0.25) is 0 Å². The zero-order valence-electron chi connectivity index (χ0n) is 15.8. The summed E-state index contributed by atoms with van der Waals surface area (Å²) in [6.07, 6.45) is -0.256. The quantitative estimate of drug-likeness (QED) is 0.497. The topological polar surface area (TPSA) is 49.8 Å². The van der Waals surface area contributed by atoms with Gasteiger partial charge in [0.15, 0.2) is 0 Å². The smallest absolute Gasteiger partial charge is 0.408 e. The third-order valence-corrected chi connectivity index (χ3v) is 5.20. The maximum absolute atomic E-state index is 11.9. The number of amides is 1. The summed E-state index contributed by atoms with van der Waals surface area (Å²) in [7, 11) is 0. The van der Waals surface area contributed by atoms with Crippen LogP contribution in [-0.2, 0) is 6.54 Å². The molecule has 1 unspecified atom stereocenters. The van der Waals surface area contributed by atoms with Crippen LogP contribution in [0.3, 0.4) is 0 Å². The summed E-state index contributed by atoms with van der Waals surface area (Å²) in [5, 5.41) is 10.3. The molecule has 0 bridgehead atoms. The second kappa shape index (κ2) is 9.47. The highest BCUT2D eigenvalue weighted by Gasteiger charge is 2.32. The van der Waals surface area contributed by atoms with Crippen LogP contribution in [-0.4, -0.2) is 28.2 Å². The van der Waals surface area contributed by atoms with Crippen LogP contribution in [0, 0.1) is 5.92 Å². The van der Waals surface area contributed by atoms with Gasteiger partial charge in [-0.3, -0.25) is 4.90 Å². The second-order valence-electron chi connectivity index (χ2n) is 7.36. The highest BCUT2D eigenvalue weighted by Crippen LogP contribution is 2.30. The molecule has 1 N–H and O–H groups in total. The van der Waals surface area contributed by atoms with Crippen molar-refractivity contribution in [3.63, 3.8) is 0 Å². The van der Waals surface area contributed by atoms with Crippen LogP contribution in [0.2, 0.25) is 5.02 Å². The monoisotopic (exact) mass is 453 g/mol. The van der Waals surface area contributed by atoms with Crippen molar-refractivity contribution in [2.24, 2.45) is 5.92 Å². The van der Waals surface area contributed by atoms with Gasteiger partial charge in [0.1, 0.15) is 5.75 Å². The van der Waals surface area contributed by atoms with E-state index in [9.17, 15) is 9.90 Å². The summed E-state index contributed by atoms with van der Waals surface area (Å²) < 4.78 is 6.73. The fraction of sp³-hybridized carbons (Fsp3) is 0.381. The first-order valence-electron chi connectivity index (χ1n) is 8.81. The largest absolute Gasteiger partial charge is 0.492 e. The fourth-order valence-corrected chi connectivity index (χ4v) is 3.88. The van der Waals surface area contributed by atoms with Crippen molar-refractivity contribution in [2.45, 2.75) is 39.3 Å². The molecular formula is C21H25BrClNO3. The van der Waals surface area contributed by atoms with E-state index in [0.717, 1.165) is 10.0 Å². The zero-order valence-corrected chi connectivity index (χ0v) is 18.1. The van der Waals surface area contributed by atoms with E-state index in [0.29, 0.717) is 30.3 Å². The summed E-state index contributed by atoms with van der Waals surface area (Å²) in [4.78, 5) is 13.4. The zero-order chi connectivity index (χ0) is 20.0. The van der Waals surface area contributed by atoms with Gasteiger partial charge in [-0.15, -0.1) is 0 Å². The molecule has 0 heterocycles. The Labute approximate surface area is 174 Å². The van der Waals surface area contributed by atoms with Gasteiger partial charge in [-0.25, -0.2) is 4.79 Å². The average molecular weight is 455 g/mol. The number of hydrogen-bond acceptors (Lipinski definition) is 2. The van der Waals surface area contributed by atoms with E-state index in [-0.39, 0.29) is 5.92 Å². The fourth-order valence-electron chi connectivity index (χ4n) is 3.15. The Hall–Kier alpha value is -1.72. The summed E-state index contributed by atoms with van der Waals surface area (Å²) in [6.45, 7) is 6.77. The van der Waals surface area contributed by atoms with E-state index in [1.807, 2.05) is 56.3 Å². The van der Waals surface area contributed by atoms with E-state index < -0.39 is 11.6 Å². The summed E-state index contributed by atoms with van der Waals surface area (Å²) in [5.74, 6) is 0.779. The molecular weight excluding hydrogens is 430 g/mol. The average Bonchev–Trinajstić information content (AvgIpc) is 2.59. The number of halogens is 2. The standard InChI is InChI=1S/C21H25BrClNO3/c1-15(14-27-19-10-9-17(22)11-18(19)23)12-21(2,3)24(20(25)26)13-16-7-5-4-6-8-16/h4-11,15H,12-14H2,1-3H3,(H,25,26). The third-order valence-electron chi connectivity index (χ3n) is 4.41. The van der Waals surface area contributed by atoms with Crippen LogP contribution in [0.4, 0.5) is 4.79 Å². The molecule has 0 saturated heterocycles. The third kappa shape index (κ3) is 6.43. The van der Waals surface area contributed by atoms with Crippen molar-refractivity contribution in [1.82, 2.24) is 4.90 Å². The SMILES string of the molecule is CC(COc1ccc(Br)cc1Cl)CC(C)(C)N(Cc1ccccc1)C(=O)O. The van der Waals surface area contributed by atoms with Gasteiger partial charge >= 0.3 is 6.09 Å². The van der Waals surface area contributed by atoms with Gasteiger partial charge < -0.3 is 9.84 Å². The van der Waals surface area contributed by atoms with Gasteiger partial charge in [-0.2, -0.15) is 0 Å². The molecule has 27 heavy (non-hydrogen) atoms. The van der Waals surface area contributed by atoms with Gasteiger partial charge in [-0.1, -0.05) is 64.8 Å². The van der Waals surface area contributed by atoms with Crippen molar-refractivity contribution in [3.8, 4) is 5.75 Å². The lowest BCUT2D eigenvalue weighted by Gasteiger charge is -2.38. The molecule has 0 spiro atoms. The molecule has 0 fully saturated rings. The van der Waals surface area contributed by atoms with E-state index in [1.165, 1.54) is 4.90 Å². The number of benzene rings is 2. The molecule has 4 nitrogen and oxygen atoms in total. The first kappa shape index (κ1) is 21.6. The van der Waals surface area contributed by atoms with Crippen LogP contribution in [0.25, 0.3) is 0 Å². The maximum atomic E-state index is 11.9. The highest BCUT2D eigenvalue weighted by atomic mass is 79.9. The summed E-state index contributed by atoms with van der Waals surface area (Å²) in [5.41, 5.74) is 0.437. The minimum Gasteiger partial charge on any atom is -0.492 e. The number of ether oxygens (including phenoxy) is 1. The van der Waals surface area contributed by atoms with Crippen molar-refractivity contribution in [2.75, 3.05) is 6.61 Å². The highest BCUT2D eigenvalue weighted by molar-refractivity contribution is 9.10. The normalized spacial score (nSPS) is 12.5. The molecule has 1 atom stereocenters. The Balaban J connectivity index is 2.00. The maximum Gasteiger partial charge on any atom is 0.408 e. The van der Waals surface area contributed by atoms with Crippen molar-refractivity contribution in [1.29, 1.82) is 0 Å². The number of nitrogens with zero attached hydrogens (tertiary/aromatic N) is 1. The first-order chi connectivity index (χ1) is 12.7. The molecule has 0 saturated carbocycles. The molecule has 146 valence electrons. The van der Waals surface area contributed by atoms with Crippen LogP contribution in [0.15, 0.2) is 53.0 Å². The van der Waals surface area contributed by atoms with E-state index in [4.69, 9.17) is 16.3 Å². The number of carboxylic acid groups (broad SMARTS) is 1. The molecule has 0 aliphatic rings. The Morgan fingerprint density at radius 2 is 1.93 bits per heavy atom. The molecule has 6 heteroatoms. The van der Waals surface area contributed by atoms with Crippen LogP contribution >= 0.6 is 27.5 Å². The van der Waals surface area contributed by atoms with Crippen LogP contribution in [0.5, 0.6) is 5.75 Å². The van der Waals surface area contributed by atoms with E-state index in [1.54, 1.807) is 6.07 Å². The van der Waals surface area contributed by atoms with E-state index in [2.05, 4.69) is 22.9 Å². The van der Waals surface area contributed by atoms with E-state index >= 15 is 0 Å². The molecule has 2 rings (SSSR count). The minimum absolute atomic E-state index is 0.150. The van der Waals surface area contributed by atoms with Crippen LogP contribution < -0.4 is 4.74 Å². The molecule has 1 amide bonds. The number of rotatable bonds is 8. The van der Waals surface area contributed by atoms with Crippen molar-refractivity contribution < 1.29 is 14.6 Å². The minimum atomic E-state index is -0.923. The summed E-state index contributed by atoms with van der Waals surface area (Å²) >= 11 is 9.56. The number of hydrogen-bond donors (Lipinski definition) is 1. The Morgan fingerprint density at radius 1 is 1.26 bits per heavy atom. The lowest BCUT2D eigenvalue weighted by atomic mass is 9.90.